The zero-order chi connectivity index (χ0) is 23.7. The number of carbonyl (C=O) groups is 2. The minimum atomic E-state index is -0.262. The molecule has 11 heteroatoms. The Morgan fingerprint density at radius 2 is 1.85 bits per heavy atom. The highest BCUT2D eigenvalue weighted by atomic mass is 32.1. The molecule has 0 atom stereocenters. The number of hydrogen-bond donors (Lipinski definition) is 1. The third-order valence-electron chi connectivity index (χ3n) is 5.74. The topological polar surface area (TPSA) is 105 Å². The third-order valence-corrected chi connectivity index (χ3v) is 6.42. The molecule has 4 heterocycles. The second kappa shape index (κ2) is 9.20. The molecule has 0 spiro atoms. The summed E-state index contributed by atoms with van der Waals surface area (Å²) in [5.74, 6) is -0.299. The first-order valence-corrected chi connectivity index (χ1v) is 11.7. The molecule has 2 amide bonds. The van der Waals surface area contributed by atoms with Gasteiger partial charge in [-0.25, -0.2) is 4.98 Å². The lowest BCUT2D eigenvalue weighted by molar-refractivity contribution is -0.117. The molecule has 1 aromatic heterocycles. The van der Waals surface area contributed by atoms with E-state index in [0.717, 1.165) is 0 Å². The van der Waals surface area contributed by atoms with Crippen LogP contribution in [-0.4, -0.2) is 73.7 Å². The Hall–Kier alpha value is -3.83. The molecule has 5 rings (SSSR count). The molecular weight excluding hydrogens is 454 g/mol. The molecule has 0 unspecified atom stereocenters. The van der Waals surface area contributed by atoms with Crippen LogP contribution in [0.15, 0.2) is 59.1 Å². The van der Waals surface area contributed by atoms with Gasteiger partial charge in [0.05, 0.1) is 23.4 Å². The zero-order valence-corrected chi connectivity index (χ0v) is 19.4. The van der Waals surface area contributed by atoms with Crippen molar-refractivity contribution in [1.29, 1.82) is 0 Å². The number of benzene rings is 1. The van der Waals surface area contributed by atoms with E-state index in [4.69, 9.17) is 0 Å². The van der Waals surface area contributed by atoms with E-state index in [2.05, 4.69) is 15.4 Å². The van der Waals surface area contributed by atoms with E-state index in [1.165, 1.54) is 16.0 Å². The molecule has 3 aliphatic heterocycles. The lowest BCUT2D eigenvalue weighted by atomic mass is 10.1. The molecular formula is C23H23N7O3S. The Labute approximate surface area is 199 Å². The highest BCUT2D eigenvalue weighted by molar-refractivity contribution is 7.13. The van der Waals surface area contributed by atoms with Crippen LogP contribution in [0.25, 0.3) is 16.9 Å². The van der Waals surface area contributed by atoms with E-state index in [1.807, 2.05) is 23.1 Å². The summed E-state index contributed by atoms with van der Waals surface area (Å²) in [6, 6.07) is 9.15. The van der Waals surface area contributed by atoms with E-state index in [-0.39, 0.29) is 23.9 Å². The minimum absolute atomic E-state index is 0.124. The Morgan fingerprint density at radius 1 is 1.09 bits per heavy atom. The van der Waals surface area contributed by atoms with Gasteiger partial charge in [-0.15, -0.1) is 11.3 Å². The highest BCUT2D eigenvalue weighted by Crippen LogP contribution is 2.23. The summed E-state index contributed by atoms with van der Waals surface area (Å²) in [4.78, 5) is 46.5. The van der Waals surface area contributed by atoms with Gasteiger partial charge in [-0.05, 0) is 12.1 Å². The van der Waals surface area contributed by atoms with Gasteiger partial charge in [0.15, 0.2) is 5.13 Å². The average molecular weight is 478 g/mol. The van der Waals surface area contributed by atoms with Crippen LogP contribution in [0.5, 0.6) is 0 Å². The summed E-state index contributed by atoms with van der Waals surface area (Å²) in [7, 11) is 1.79. The molecule has 2 aromatic rings. The molecule has 34 heavy (non-hydrogen) atoms. The number of fused-ring (bicyclic) bond motifs is 1. The molecule has 174 valence electrons. The fourth-order valence-electron chi connectivity index (χ4n) is 4.06. The van der Waals surface area contributed by atoms with Crippen molar-refractivity contribution in [3.63, 3.8) is 0 Å². The van der Waals surface area contributed by atoms with Crippen molar-refractivity contribution in [3.8, 4) is 16.9 Å². The Balaban J connectivity index is 1.31. The first-order chi connectivity index (χ1) is 16.5. The maximum atomic E-state index is 13.4. The maximum Gasteiger partial charge on any atom is 0.282 e. The predicted molar refractivity (Wildman–Crippen MR) is 129 cm³/mol. The molecule has 1 aromatic carbocycles. The van der Waals surface area contributed by atoms with Crippen LogP contribution in [0, 0.1) is 0 Å². The summed E-state index contributed by atoms with van der Waals surface area (Å²) < 4.78 is 3.05. The molecule has 1 fully saturated rings. The number of rotatable bonds is 5. The number of para-hydroxylation sites is 1. The van der Waals surface area contributed by atoms with E-state index >= 15 is 0 Å². The molecule has 0 radical (unpaired) electrons. The molecule has 10 nitrogen and oxygen atoms in total. The number of aromatic nitrogens is 4. The summed E-state index contributed by atoms with van der Waals surface area (Å²) in [6.07, 6.45) is 5.05. The lowest BCUT2D eigenvalue weighted by Crippen LogP contribution is -2.50. The van der Waals surface area contributed by atoms with Gasteiger partial charge in [-0.2, -0.15) is 9.78 Å². The van der Waals surface area contributed by atoms with E-state index in [1.54, 1.807) is 52.6 Å². The van der Waals surface area contributed by atoms with Gasteiger partial charge in [0.1, 0.15) is 5.69 Å². The van der Waals surface area contributed by atoms with Crippen molar-refractivity contribution in [1.82, 2.24) is 29.1 Å². The van der Waals surface area contributed by atoms with Crippen molar-refractivity contribution in [2.24, 2.45) is 7.05 Å². The highest BCUT2D eigenvalue weighted by Gasteiger charge is 2.29. The molecule has 0 bridgehead atoms. The molecule has 0 aliphatic carbocycles. The molecule has 0 saturated carbocycles. The van der Waals surface area contributed by atoms with Crippen molar-refractivity contribution in [2.75, 3.05) is 38.0 Å². The third kappa shape index (κ3) is 4.35. The normalized spacial score (nSPS) is 14.4. The van der Waals surface area contributed by atoms with Crippen LogP contribution in [0.2, 0.25) is 0 Å². The van der Waals surface area contributed by atoms with Gasteiger partial charge in [0.2, 0.25) is 5.91 Å². The number of thiazole rings is 1. The minimum Gasteiger partial charge on any atom is -0.356 e. The number of amides is 2. The van der Waals surface area contributed by atoms with E-state index in [0.29, 0.717) is 53.8 Å². The van der Waals surface area contributed by atoms with Crippen LogP contribution >= 0.6 is 11.3 Å². The first kappa shape index (κ1) is 22.0. The van der Waals surface area contributed by atoms with E-state index < -0.39 is 0 Å². The molecule has 1 saturated heterocycles. The van der Waals surface area contributed by atoms with Gasteiger partial charge in [-0.1, -0.05) is 18.2 Å². The second-order valence-corrected chi connectivity index (χ2v) is 9.00. The van der Waals surface area contributed by atoms with Gasteiger partial charge in [-0.3, -0.25) is 19.3 Å². The zero-order valence-electron chi connectivity index (χ0n) is 18.5. The van der Waals surface area contributed by atoms with Gasteiger partial charge < -0.3 is 14.8 Å². The lowest BCUT2D eigenvalue weighted by Gasteiger charge is -2.34. The predicted octanol–water partition coefficient (Wildman–Crippen LogP) is 1.53. The van der Waals surface area contributed by atoms with Crippen LogP contribution in [0.3, 0.4) is 0 Å². The van der Waals surface area contributed by atoms with E-state index in [9.17, 15) is 14.4 Å². The molecule has 1 N–H and O–H groups in total. The van der Waals surface area contributed by atoms with Crippen LogP contribution in [0.1, 0.15) is 10.4 Å². The van der Waals surface area contributed by atoms with Crippen LogP contribution in [-0.2, 0) is 11.8 Å². The summed E-state index contributed by atoms with van der Waals surface area (Å²) in [6.45, 7) is 2.35. The van der Waals surface area contributed by atoms with Gasteiger partial charge >= 0.3 is 0 Å². The number of nitrogens with one attached hydrogen (secondary N) is 1. The van der Waals surface area contributed by atoms with Crippen LogP contribution < -0.4 is 10.9 Å². The number of piperazine rings is 1. The van der Waals surface area contributed by atoms with Crippen molar-refractivity contribution < 1.29 is 9.59 Å². The average Bonchev–Trinajstić information content (AvgIpc) is 3.47. The van der Waals surface area contributed by atoms with Crippen LogP contribution in [0.4, 0.5) is 5.13 Å². The Kier molecular flexibility index (Phi) is 5.95. The second-order valence-electron chi connectivity index (χ2n) is 8.11. The monoisotopic (exact) mass is 477 g/mol. The largest absolute Gasteiger partial charge is 0.356 e. The van der Waals surface area contributed by atoms with Crippen molar-refractivity contribution >= 4 is 28.3 Å². The number of nitrogens with zero attached hydrogens (tertiary/aromatic N) is 6. The quantitative estimate of drug-likeness (QED) is 0.467. The fraction of sp³-hybridized carbons (Fsp3) is 0.261. The summed E-state index contributed by atoms with van der Waals surface area (Å²) in [5, 5.41) is 9.67. The number of aryl methyl sites for hydroxylation is 1. The van der Waals surface area contributed by atoms with Gasteiger partial charge in [0.25, 0.3) is 11.5 Å². The Morgan fingerprint density at radius 3 is 2.56 bits per heavy atom. The smallest absolute Gasteiger partial charge is 0.282 e. The molecule has 3 aliphatic rings. The van der Waals surface area contributed by atoms with Gasteiger partial charge in [0, 0.05) is 57.2 Å². The standard InChI is InChI=1S/C23H23N7O3S/c1-27-13-17(20-18(14-27)22(33)30(26-20)16-5-3-2-4-6-16)21(32)29-10-8-28(9-11-29)15-19(31)25-23-24-7-12-34-23/h2-7,12-14H,8-11,15H2,1H3,(H,24,25,31). The summed E-state index contributed by atoms with van der Waals surface area (Å²) >= 11 is 1.37. The number of anilines is 1. The fourth-order valence-corrected chi connectivity index (χ4v) is 4.61. The number of hydrogen-bond acceptors (Lipinski definition) is 7. The maximum absolute atomic E-state index is 13.4. The first-order valence-electron chi connectivity index (χ1n) is 10.8. The SMILES string of the molecule is Cn1cc(C(=O)N2CCN(CC(=O)Nc3nccs3)CC2)c2nn(-c3ccccc3)c(=O)c-2c1. The Bertz CT molecular complexity index is 1340. The van der Waals surface area contributed by atoms with Crippen molar-refractivity contribution in [3.05, 3.63) is 70.2 Å². The summed E-state index contributed by atoms with van der Waals surface area (Å²) in [5.41, 5.74) is 1.57. The van der Waals surface area contributed by atoms with Crippen molar-refractivity contribution in [2.45, 2.75) is 0 Å². The number of carbonyl (C=O) groups excluding carboxylic acids is 2. The number of pyridine rings is 1.